The van der Waals surface area contributed by atoms with Gasteiger partial charge in [0.15, 0.2) is 0 Å². The first kappa shape index (κ1) is 17.6. The Morgan fingerprint density at radius 3 is 2.76 bits per heavy atom. The summed E-state index contributed by atoms with van der Waals surface area (Å²) in [5.41, 5.74) is 1.49. The standard InChI is InChI=1S/C19H21ClN2O3/c20-14-7-9-15(10-8-14)22-19(23)12-21-17-5-1-2-6-18(17)25-13-16-4-3-11-24-16/h1-2,5-10,16,21H,3-4,11-13H2,(H,22,23). The van der Waals surface area contributed by atoms with E-state index in [9.17, 15) is 4.79 Å². The number of rotatable bonds is 7. The molecule has 2 aromatic carbocycles. The molecule has 1 aliphatic heterocycles. The topological polar surface area (TPSA) is 59.6 Å². The van der Waals surface area contributed by atoms with Gasteiger partial charge in [-0.2, -0.15) is 0 Å². The van der Waals surface area contributed by atoms with Crippen LogP contribution in [0.2, 0.25) is 5.02 Å². The summed E-state index contributed by atoms with van der Waals surface area (Å²) >= 11 is 5.84. The number of para-hydroxylation sites is 2. The van der Waals surface area contributed by atoms with Gasteiger partial charge in [-0.15, -0.1) is 0 Å². The van der Waals surface area contributed by atoms with Gasteiger partial charge in [0, 0.05) is 17.3 Å². The summed E-state index contributed by atoms with van der Waals surface area (Å²) in [6.45, 7) is 1.47. The van der Waals surface area contributed by atoms with Gasteiger partial charge in [-0.25, -0.2) is 0 Å². The zero-order valence-corrected chi connectivity index (χ0v) is 14.6. The van der Waals surface area contributed by atoms with Crippen molar-refractivity contribution in [2.75, 3.05) is 30.4 Å². The van der Waals surface area contributed by atoms with Gasteiger partial charge in [-0.1, -0.05) is 23.7 Å². The van der Waals surface area contributed by atoms with Gasteiger partial charge in [0.1, 0.15) is 12.4 Å². The summed E-state index contributed by atoms with van der Waals surface area (Å²) in [6, 6.07) is 14.6. The SMILES string of the molecule is O=C(CNc1ccccc1OCC1CCCO1)Nc1ccc(Cl)cc1. The van der Waals surface area contributed by atoms with Crippen LogP contribution in [0.4, 0.5) is 11.4 Å². The molecule has 2 N–H and O–H groups in total. The molecule has 2 aromatic rings. The van der Waals surface area contributed by atoms with Crippen LogP contribution in [0.15, 0.2) is 48.5 Å². The first-order valence-corrected chi connectivity index (χ1v) is 8.71. The van der Waals surface area contributed by atoms with Gasteiger partial charge in [0.25, 0.3) is 0 Å². The smallest absolute Gasteiger partial charge is 0.243 e. The lowest BCUT2D eigenvalue weighted by Gasteiger charge is -2.15. The summed E-state index contributed by atoms with van der Waals surface area (Å²) in [6.07, 6.45) is 2.26. The van der Waals surface area contributed by atoms with E-state index >= 15 is 0 Å². The predicted octanol–water partition coefficient (Wildman–Crippen LogP) is 3.95. The quantitative estimate of drug-likeness (QED) is 0.785. The molecule has 0 aliphatic carbocycles. The molecule has 25 heavy (non-hydrogen) atoms. The Hall–Kier alpha value is -2.24. The Balaban J connectivity index is 1.51. The van der Waals surface area contributed by atoms with Crippen molar-refractivity contribution < 1.29 is 14.3 Å². The van der Waals surface area contributed by atoms with Crippen LogP contribution in [0.5, 0.6) is 5.75 Å². The Morgan fingerprint density at radius 2 is 2.00 bits per heavy atom. The van der Waals surface area contributed by atoms with Crippen LogP contribution < -0.4 is 15.4 Å². The van der Waals surface area contributed by atoms with Crippen LogP contribution in [0.1, 0.15) is 12.8 Å². The number of carbonyl (C=O) groups is 1. The number of hydrogen-bond acceptors (Lipinski definition) is 4. The highest BCUT2D eigenvalue weighted by atomic mass is 35.5. The van der Waals surface area contributed by atoms with E-state index < -0.39 is 0 Å². The summed E-state index contributed by atoms with van der Waals surface area (Å²) in [5.74, 6) is 0.577. The average molecular weight is 361 g/mol. The zero-order valence-electron chi connectivity index (χ0n) is 13.8. The highest BCUT2D eigenvalue weighted by Crippen LogP contribution is 2.25. The minimum atomic E-state index is -0.142. The summed E-state index contributed by atoms with van der Waals surface area (Å²) < 4.78 is 11.4. The Labute approximate surface area is 152 Å². The molecule has 0 saturated carbocycles. The first-order chi connectivity index (χ1) is 12.2. The number of benzene rings is 2. The van der Waals surface area contributed by atoms with E-state index in [0.29, 0.717) is 17.3 Å². The van der Waals surface area contributed by atoms with Crippen LogP contribution in [0.25, 0.3) is 0 Å². The molecule has 6 heteroatoms. The van der Waals surface area contributed by atoms with Gasteiger partial charge in [0.2, 0.25) is 5.91 Å². The highest BCUT2D eigenvalue weighted by molar-refractivity contribution is 6.30. The molecular weight excluding hydrogens is 340 g/mol. The van der Waals surface area contributed by atoms with Crippen molar-refractivity contribution in [2.24, 2.45) is 0 Å². The van der Waals surface area contributed by atoms with Crippen molar-refractivity contribution in [2.45, 2.75) is 18.9 Å². The third kappa shape index (κ3) is 5.37. The molecule has 1 heterocycles. The maximum Gasteiger partial charge on any atom is 0.243 e. The van der Waals surface area contributed by atoms with E-state index in [2.05, 4.69) is 10.6 Å². The van der Waals surface area contributed by atoms with Gasteiger partial charge >= 0.3 is 0 Å². The average Bonchev–Trinajstić information content (AvgIpc) is 3.14. The van der Waals surface area contributed by atoms with Crippen molar-refractivity contribution in [1.82, 2.24) is 0 Å². The lowest BCUT2D eigenvalue weighted by molar-refractivity contribution is -0.114. The number of amides is 1. The molecule has 1 aliphatic rings. The van der Waals surface area contributed by atoms with Gasteiger partial charge in [-0.3, -0.25) is 4.79 Å². The fraction of sp³-hybridized carbons (Fsp3) is 0.316. The van der Waals surface area contributed by atoms with E-state index in [-0.39, 0.29) is 18.6 Å². The van der Waals surface area contributed by atoms with Gasteiger partial charge in [-0.05, 0) is 49.2 Å². The van der Waals surface area contributed by atoms with Crippen molar-refractivity contribution in [3.05, 3.63) is 53.6 Å². The second-order valence-electron chi connectivity index (χ2n) is 5.85. The zero-order chi connectivity index (χ0) is 17.5. The summed E-state index contributed by atoms with van der Waals surface area (Å²) in [5, 5.41) is 6.56. The fourth-order valence-corrected chi connectivity index (χ4v) is 2.74. The minimum Gasteiger partial charge on any atom is -0.489 e. The van der Waals surface area contributed by atoms with E-state index in [0.717, 1.165) is 30.9 Å². The van der Waals surface area contributed by atoms with E-state index in [1.54, 1.807) is 24.3 Å². The number of halogens is 1. The van der Waals surface area contributed by atoms with Gasteiger partial charge in [0.05, 0.1) is 18.3 Å². The van der Waals surface area contributed by atoms with Crippen LogP contribution in [-0.4, -0.2) is 31.8 Å². The molecule has 0 radical (unpaired) electrons. The Bertz CT molecular complexity index is 700. The fourth-order valence-electron chi connectivity index (χ4n) is 2.61. The highest BCUT2D eigenvalue weighted by Gasteiger charge is 2.16. The largest absolute Gasteiger partial charge is 0.489 e. The number of nitrogens with one attached hydrogen (secondary N) is 2. The second-order valence-corrected chi connectivity index (χ2v) is 6.29. The van der Waals surface area contributed by atoms with E-state index in [1.165, 1.54) is 0 Å². The third-order valence-electron chi connectivity index (χ3n) is 3.90. The van der Waals surface area contributed by atoms with Crippen molar-refractivity contribution in [3.63, 3.8) is 0 Å². The molecule has 1 fully saturated rings. The number of hydrogen-bond donors (Lipinski definition) is 2. The van der Waals surface area contributed by atoms with Gasteiger partial charge < -0.3 is 20.1 Å². The van der Waals surface area contributed by atoms with Crippen molar-refractivity contribution in [3.8, 4) is 5.75 Å². The third-order valence-corrected chi connectivity index (χ3v) is 4.16. The van der Waals surface area contributed by atoms with Crippen LogP contribution in [-0.2, 0) is 9.53 Å². The molecule has 5 nitrogen and oxygen atoms in total. The summed E-state index contributed by atoms with van der Waals surface area (Å²) in [7, 11) is 0. The van der Waals surface area contributed by atoms with Crippen molar-refractivity contribution >= 4 is 28.9 Å². The summed E-state index contributed by atoms with van der Waals surface area (Å²) in [4.78, 5) is 12.1. The molecule has 1 amide bonds. The molecule has 1 saturated heterocycles. The lowest BCUT2D eigenvalue weighted by Crippen LogP contribution is -2.22. The van der Waals surface area contributed by atoms with Crippen LogP contribution in [0.3, 0.4) is 0 Å². The maximum absolute atomic E-state index is 12.1. The predicted molar refractivity (Wildman–Crippen MR) is 99.5 cm³/mol. The lowest BCUT2D eigenvalue weighted by atomic mass is 10.2. The van der Waals surface area contributed by atoms with E-state index in [1.807, 2.05) is 24.3 Å². The van der Waals surface area contributed by atoms with E-state index in [4.69, 9.17) is 21.1 Å². The molecule has 3 rings (SSSR count). The molecule has 0 bridgehead atoms. The number of ether oxygens (including phenoxy) is 2. The van der Waals surface area contributed by atoms with Crippen LogP contribution in [0, 0.1) is 0 Å². The second kappa shape index (κ2) is 8.74. The number of carbonyl (C=O) groups excluding carboxylic acids is 1. The number of anilines is 2. The Morgan fingerprint density at radius 1 is 1.20 bits per heavy atom. The van der Waals surface area contributed by atoms with Crippen LogP contribution >= 0.6 is 11.6 Å². The normalized spacial score (nSPS) is 16.4. The molecule has 0 spiro atoms. The Kier molecular flexibility index (Phi) is 6.14. The molecule has 1 atom stereocenters. The molecule has 0 aromatic heterocycles. The first-order valence-electron chi connectivity index (χ1n) is 8.33. The van der Waals surface area contributed by atoms with Crippen molar-refractivity contribution in [1.29, 1.82) is 0 Å². The maximum atomic E-state index is 12.1. The monoisotopic (exact) mass is 360 g/mol. The molecule has 132 valence electrons. The molecular formula is C19H21ClN2O3. The minimum absolute atomic E-state index is 0.142. The molecule has 1 unspecified atom stereocenters.